The topological polar surface area (TPSA) is 104 Å². The van der Waals surface area contributed by atoms with E-state index in [4.69, 9.17) is 5.11 Å². The first kappa shape index (κ1) is 15.7. The lowest BCUT2D eigenvalue weighted by atomic mass is 9.99. The highest BCUT2D eigenvalue weighted by atomic mass is 16.4. The standard InChI is InChI=1S/C15H16N2O5/c1-3-15(2,14(21)22)16-11(18)8-17-12(19)9-6-4-5-7-10(9)13(17)20/h4-7H,3,8H2,1-2H3,(H,16,18)(H,21,22). The van der Waals surface area contributed by atoms with Gasteiger partial charge in [-0.2, -0.15) is 0 Å². The summed E-state index contributed by atoms with van der Waals surface area (Å²) in [7, 11) is 0. The molecule has 1 aromatic carbocycles. The van der Waals surface area contributed by atoms with E-state index < -0.39 is 35.8 Å². The maximum absolute atomic E-state index is 12.1. The van der Waals surface area contributed by atoms with Gasteiger partial charge in [-0.3, -0.25) is 19.3 Å². The van der Waals surface area contributed by atoms with E-state index in [1.54, 1.807) is 19.1 Å². The average molecular weight is 304 g/mol. The van der Waals surface area contributed by atoms with Gasteiger partial charge in [0.1, 0.15) is 12.1 Å². The van der Waals surface area contributed by atoms with Crippen LogP contribution < -0.4 is 5.32 Å². The molecule has 1 aliphatic heterocycles. The minimum atomic E-state index is -1.43. The van der Waals surface area contributed by atoms with Crippen LogP contribution in [0.15, 0.2) is 24.3 Å². The first-order valence-corrected chi connectivity index (χ1v) is 6.80. The van der Waals surface area contributed by atoms with E-state index in [1.807, 2.05) is 0 Å². The van der Waals surface area contributed by atoms with Crippen LogP contribution in [0.2, 0.25) is 0 Å². The highest BCUT2D eigenvalue weighted by Gasteiger charge is 2.38. The smallest absolute Gasteiger partial charge is 0.329 e. The lowest BCUT2D eigenvalue weighted by molar-refractivity contribution is -0.147. The summed E-state index contributed by atoms with van der Waals surface area (Å²) in [6.07, 6.45) is 0.177. The molecular formula is C15H16N2O5. The van der Waals surface area contributed by atoms with Crippen molar-refractivity contribution in [3.63, 3.8) is 0 Å². The summed E-state index contributed by atoms with van der Waals surface area (Å²) in [6, 6.07) is 6.29. The highest BCUT2D eigenvalue weighted by molar-refractivity contribution is 6.22. The fourth-order valence-electron chi connectivity index (χ4n) is 2.17. The number of amides is 3. The van der Waals surface area contributed by atoms with Crippen molar-refractivity contribution in [3.8, 4) is 0 Å². The Labute approximate surface area is 126 Å². The Morgan fingerprint density at radius 1 is 1.18 bits per heavy atom. The second-order valence-electron chi connectivity index (χ2n) is 5.28. The molecule has 2 rings (SSSR count). The van der Waals surface area contributed by atoms with Crippen LogP contribution in [0.25, 0.3) is 0 Å². The van der Waals surface area contributed by atoms with Crippen LogP contribution in [0.1, 0.15) is 41.0 Å². The summed E-state index contributed by atoms with van der Waals surface area (Å²) in [5.41, 5.74) is -0.941. The maximum Gasteiger partial charge on any atom is 0.329 e. The van der Waals surface area contributed by atoms with Crippen LogP contribution in [0.3, 0.4) is 0 Å². The van der Waals surface area contributed by atoms with Gasteiger partial charge >= 0.3 is 5.97 Å². The van der Waals surface area contributed by atoms with Gasteiger partial charge in [-0.05, 0) is 25.5 Å². The average Bonchev–Trinajstić information content (AvgIpc) is 2.72. The Morgan fingerprint density at radius 2 is 1.68 bits per heavy atom. The molecule has 0 bridgehead atoms. The number of carboxylic acid groups (broad SMARTS) is 1. The third kappa shape index (κ3) is 2.57. The first-order valence-electron chi connectivity index (χ1n) is 6.80. The Kier molecular flexibility index (Phi) is 3.99. The molecule has 1 aromatic rings. The van der Waals surface area contributed by atoms with Crippen molar-refractivity contribution in [2.75, 3.05) is 6.54 Å². The fourth-order valence-corrected chi connectivity index (χ4v) is 2.17. The molecule has 1 heterocycles. The minimum Gasteiger partial charge on any atom is -0.480 e. The van der Waals surface area contributed by atoms with Crippen molar-refractivity contribution in [2.45, 2.75) is 25.8 Å². The molecule has 116 valence electrons. The minimum absolute atomic E-state index is 0.177. The third-order valence-corrected chi connectivity index (χ3v) is 3.77. The molecule has 0 spiro atoms. The molecule has 0 saturated heterocycles. The predicted molar refractivity (Wildman–Crippen MR) is 76.3 cm³/mol. The molecule has 2 N–H and O–H groups in total. The molecule has 0 aromatic heterocycles. The summed E-state index contributed by atoms with van der Waals surface area (Å²) < 4.78 is 0. The quantitative estimate of drug-likeness (QED) is 0.777. The number of fused-ring (bicyclic) bond motifs is 1. The summed E-state index contributed by atoms with van der Waals surface area (Å²) in [6.45, 7) is 2.49. The Morgan fingerprint density at radius 3 is 2.09 bits per heavy atom. The van der Waals surface area contributed by atoms with Gasteiger partial charge in [0.05, 0.1) is 11.1 Å². The molecule has 22 heavy (non-hydrogen) atoms. The number of benzene rings is 1. The first-order chi connectivity index (χ1) is 10.3. The number of rotatable bonds is 5. The lowest BCUT2D eigenvalue weighted by Gasteiger charge is -2.25. The summed E-state index contributed by atoms with van der Waals surface area (Å²) in [5, 5.41) is 11.5. The van der Waals surface area contributed by atoms with E-state index in [0.29, 0.717) is 0 Å². The zero-order valence-corrected chi connectivity index (χ0v) is 12.3. The summed E-state index contributed by atoms with van der Waals surface area (Å²) >= 11 is 0. The molecule has 1 unspecified atom stereocenters. The number of carboxylic acids is 1. The van der Waals surface area contributed by atoms with Crippen LogP contribution in [-0.4, -0.2) is 45.8 Å². The molecule has 0 radical (unpaired) electrons. The van der Waals surface area contributed by atoms with Crippen molar-refractivity contribution < 1.29 is 24.3 Å². The van der Waals surface area contributed by atoms with Crippen LogP contribution in [0.5, 0.6) is 0 Å². The third-order valence-electron chi connectivity index (χ3n) is 3.77. The van der Waals surface area contributed by atoms with Crippen LogP contribution >= 0.6 is 0 Å². The number of imide groups is 1. The number of carbonyl (C=O) groups excluding carboxylic acids is 3. The van der Waals surface area contributed by atoms with Crippen LogP contribution in [0.4, 0.5) is 0 Å². The second-order valence-corrected chi connectivity index (χ2v) is 5.28. The van der Waals surface area contributed by atoms with E-state index in [9.17, 15) is 19.2 Å². The van der Waals surface area contributed by atoms with Gasteiger partial charge in [-0.1, -0.05) is 19.1 Å². The largest absolute Gasteiger partial charge is 0.480 e. The maximum atomic E-state index is 12.1. The van der Waals surface area contributed by atoms with Gasteiger partial charge in [0.25, 0.3) is 11.8 Å². The van der Waals surface area contributed by atoms with Crippen molar-refractivity contribution >= 4 is 23.7 Å². The van der Waals surface area contributed by atoms with Crippen LogP contribution in [0, 0.1) is 0 Å². The molecule has 0 saturated carbocycles. The molecular weight excluding hydrogens is 288 g/mol. The van der Waals surface area contributed by atoms with Gasteiger partial charge in [-0.25, -0.2) is 4.79 Å². The van der Waals surface area contributed by atoms with E-state index >= 15 is 0 Å². The van der Waals surface area contributed by atoms with Crippen molar-refractivity contribution in [1.82, 2.24) is 10.2 Å². The molecule has 7 nitrogen and oxygen atoms in total. The van der Waals surface area contributed by atoms with Gasteiger partial charge in [0, 0.05) is 0 Å². The van der Waals surface area contributed by atoms with E-state index in [2.05, 4.69) is 5.32 Å². The SMILES string of the molecule is CCC(C)(NC(=O)CN1C(=O)c2ccccc2C1=O)C(=O)O. The predicted octanol–water partition coefficient (Wildman–Crippen LogP) is 0.652. The zero-order valence-electron chi connectivity index (χ0n) is 12.3. The molecule has 0 aliphatic carbocycles. The van der Waals surface area contributed by atoms with E-state index in [0.717, 1.165) is 4.90 Å². The lowest BCUT2D eigenvalue weighted by Crippen LogP contribution is -2.54. The van der Waals surface area contributed by atoms with Gasteiger partial charge < -0.3 is 10.4 Å². The monoisotopic (exact) mass is 304 g/mol. The molecule has 1 atom stereocenters. The summed E-state index contributed by atoms with van der Waals surface area (Å²) in [4.78, 5) is 48.2. The number of carbonyl (C=O) groups is 4. The number of nitrogens with zero attached hydrogens (tertiary/aromatic N) is 1. The Hall–Kier alpha value is -2.70. The summed E-state index contributed by atoms with van der Waals surface area (Å²) in [5.74, 6) is -2.97. The van der Waals surface area contributed by atoms with Gasteiger partial charge in [0.2, 0.25) is 5.91 Å². The Bertz CT molecular complexity index is 635. The normalized spacial score (nSPS) is 16.2. The highest BCUT2D eigenvalue weighted by Crippen LogP contribution is 2.22. The van der Waals surface area contributed by atoms with Crippen LogP contribution in [-0.2, 0) is 9.59 Å². The molecule has 3 amide bonds. The number of hydrogen-bond donors (Lipinski definition) is 2. The zero-order chi connectivity index (χ0) is 16.5. The second kappa shape index (κ2) is 5.59. The fraction of sp³-hybridized carbons (Fsp3) is 0.333. The molecule has 7 heteroatoms. The number of hydrogen-bond acceptors (Lipinski definition) is 4. The van der Waals surface area contributed by atoms with E-state index in [1.165, 1.54) is 19.1 Å². The number of aliphatic carboxylic acids is 1. The number of nitrogens with one attached hydrogen (secondary N) is 1. The van der Waals surface area contributed by atoms with Gasteiger partial charge in [0.15, 0.2) is 0 Å². The Balaban J connectivity index is 2.13. The van der Waals surface area contributed by atoms with Crippen molar-refractivity contribution in [3.05, 3.63) is 35.4 Å². The van der Waals surface area contributed by atoms with Crippen molar-refractivity contribution in [1.29, 1.82) is 0 Å². The van der Waals surface area contributed by atoms with Crippen molar-refractivity contribution in [2.24, 2.45) is 0 Å². The molecule has 1 aliphatic rings. The van der Waals surface area contributed by atoms with E-state index in [-0.39, 0.29) is 17.5 Å². The van der Waals surface area contributed by atoms with Gasteiger partial charge in [-0.15, -0.1) is 0 Å². The molecule has 0 fully saturated rings.